The summed E-state index contributed by atoms with van der Waals surface area (Å²) in [7, 11) is 1.72. The molecule has 0 radical (unpaired) electrons. The van der Waals surface area contributed by atoms with Gasteiger partial charge in [-0.2, -0.15) is 0 Å². The molecular weight excluding hydrogens is 232 g/mol. The van der Waals surface area contributed by atoms with E-state index in [0.717, 1.165) is 65.2 Å². The van der Waals surface area contributed by atoms with Gasteiger partial charge in [-0.1, -0.05) is 0 Å². The topological polar surface area (TPSA) is 42.0 Å². The zero-order valence-electron chi connectivity index (χ0n) is 11.3. The molecule has 1 atom stereocenters. The molecule has 2 fully saturated rings. The van der Waals surface area contributed by atoms with Crippen LogP contribution in [0.25, 0.3) is 0 Å². The fraction of sp³-hybridized carbons (Fsp3) is 0.923. The summed E-state index contributed by atoms with van der Waals surface area (Å²) in [5.41, 5.74) is 0. The average molecular weight is 256 g/mol. The first-order valence-corrected chi connectivity index (χ1v) is 6.90. The van der Waals surface area contributed by atoms with Gasteiger partial charge >= 0.3 is 0 Å². The standard InChI is InChI=1S/C13H24N2O3/c1-17-9-4-12-11-14(8-10-18-12)6-7-15-5-2-3-13(15)16/h12H,2-11H2,1H3/t12-/m0/s1. The van der Waals surface area contributed by atoms with E-state index in [4.69, 9.17) is 9.47 Å². The first-order chi connectivity index (χ1) is 8.79. The lowest BCUT2D eigenvalue weighted by Crippen LogP contribution is -2.46. The quantitative estimate of drug-likeness (QED) is 0.687. The monoisotopic (exact) mass is 256 g/mol. The third kappa shape index (κ3) is 3.93. The lowest BCUT2D eigenvalue weighted by Gasteiger charge is -2.33. The molecule has 5 heteroatoms. The molecule has 0 N–H and O–H groups in total. The molecule has 5 nitrogen and oxygen atoms in total. The van der Waals surface area contributed by atoms with Crippen LogP contribution in [-0.2, 0) is 14.3 Å². The number of rotatable bonds is 6. The lowest BCUT2D eigenvalue weighted by atomic mass is 10.2. The van der Waals surface area contributed by atoms with E-state index >= 15 is 0 Å². The molecular formula is C13H24N2O3. The Morgan fingerprint density at radius 2 is 2.28 bits per heavy atom. The molecule has 0 aromatic rings. The average Bonchev–Trinajstić information content (AvgIpc) is 2.80. The van der Waals surface area contributed by atoms with Gasteiger partial charge in [0.15, 0.2) is 0 Å². The van der Waals surface area contributed by atoms with Crippen molar-refractivity contribution in [3.05, 3.63) is 0 Å². The van der Waals surface area contributed by atoms with Gasteiger partial charge < -0.3 is 14.4 Å². The number of ether oxygens (including phenoxy) is 2. The fourth-order valence-electron chi connectivity index (χ4n) is 2.61. The van der Waals surface area contributed by atoms with E-state index in [9.17, 15) is 4.79 Å². The summed E-state index contributed by atoms with van der Waals surface area (Å²) in [6.45, 7) is 6.27. The summed E-state index contributed by atoms with van der Waals surface area (Å²) in [6, 6.07) is 0. The highest BCUT2D eigenvalue weighted by Gasteiger charge is 2.23. The van der Waals surface area contributed by atoms with Crippen LogP contribution < -0.4 is 0 Å². The molecule has 18 heavy (non-hydrogen) atoms. The third-order valence-electron chi connectivity index (χ3n) is 3.72. The van der Waals surface area contributed by atoms with E-state index in [2.05, 4.69) is 4.90 Å². The second-order valence-corrected chi connectivity index (χ2v) is 5.06. The van der Waals surface area contributed by atoms with Crippen LogP contribution in [0.4, 0.5) is 0 Å². The Hall–Kier alpha value is -0.650. The smallest absolute Gasteiger partial charge is 0.222 e. The molecule has 104 valence electrons. The highest BCUT2D eigenvalue weighted by Crippen LogP contribution is 2.11. The Bertz CT molecular complexity index is 273. The van der Waals surface area contributed by atoms with Crippen LogP contribution >= 0.6 is 0 Å². The van der Waals surface area contributed by atoms with Crippen molar-refractivity contribution in [2.45, 2.75) is 25.4 Å². The first kappa shape index (κ1) is 13.8. The van der Waals surface area contributed by atoms with Crippen LogP contribution in [0.5, 0.6) is 0 Å². The summed E-state index contributed by atoms with van der Waals surface area (Å²) >= 11 is 0. The largest absolute Gasteiger partial charge is 0.385 e. The number of hydrogen-bond donors (Lipinski definition) is 0. The van der Waals surface area contributed by atoms with E-state index in [1.165, 1.54) is 0 Å². The maximum absolute atomic E-state index is 11.5. The minimum atomic E-state index is 0.285. The molecule has 2 aliphatic rings. The van der Waals surface area contributed by atoms with Crippen LogP contribution in [0, 0.1) is 0 Å². The Morgan fingerprint density at radius 3 is 3.00 bits per heavy atom. The van der Waals surface area contributed by atoms with Gasteiger partial charge in [-0.05, 0) is 12.8 Å². The molecule has 2 rings (SSSR count). The van der Waals surface area contributed by atoms with E-state index in [1.54, 1.807) is 7.11 Å². The van der Waals surface area contributed by atoms with Crippen molar-refractivity contribution in [2.24, 2.45) is 0 Å². The number of amides is 1. The second-order valence-electron chi connectivity index (χ2n) is 5.06. The van der Waals surface area contributed by atoms with Gasteiger partial charge in [0.05, 0.1) is 12.7 Å². The Labute approximate surface area is 109 Å². The molecule has 0 aromatic heterocycles. The Kier molecular flexibility index (Phi) is 5.41. The van der Waals surface area contributed by atoms with Crippen LogP contribution in [0.15, 0.2) is 0 Å². The second kappa shape index (κ2) is 7.07. The highest BCUT2D eigenvalue weighted by atomic mass is 16.5. The van der Waals surface area contributed by atoms with E-state index in [0.29, 0.717) is 5.91 Å². The zero-order valence-corrected chi connectivity index (χ0v) is 11.3. The van der Waals surface area contributed by atoms with Crippen LogP contribution in [-0.4, -0.2) is 74.9 Å². The molecule has 2 aliphatic heterocycles. The lowest BCUT2D eigenvalue weighted by molar-refractivity contribution is -0.128. The fourth-order valence-corrected chi connectivity index (χ4v) is 2.61. The van der Waals surface area contributed by atoms with Gasteiger partial charge in [0.2, 0.25) is 5.91 Å². The van der Waals surface area contributed by atoms with Crippen molar-refractivity contribution in [1.29, 1.82) is 0 Å². The minimum Gasteiger partial charge on any atom is -0.385 e. The first-order valence-electron chi connectivity index (χ1n) is 6.90. The summed E-state index contributed by atoms with van der Waals surface area (Å²) in [4.78, 5) is 15.9. The van der Waals surface area contributed by atoms with Gasteiger partial charge in [0.25, 0.3) is 0 Å². The number of methoxy groups -OCH3 is 1. The molecule has 0 aliphatic carbocycles. The molecule has 0 spiro atoms. The van der Waals surface area contributed by atoms with Crippen LogP contribution in [0.1, 0.15) is 19.3 Å². The van der Waals surface area contributed by atoms with E-state index in [1.807, 2.05) is 4.90 Å². The summed E-state index contributed by atoms with van der Waals surface area (Å²) < 4.78 is 10.8. The SMILES string of the molecule is COCC[C@H]1CN(CCN2CCCC2=O)CCO1. The number of carbonyl (C=O) groups excluding carboxylic acids is 1. The van der Waals surface area contributed by atoms with Crippen molar-refractivity contribution in [1.82, 2.24) is 9.80 Å². The Morgan fingerprint density at radius 1 is 1.39 bits per heavy atom. The highest BCUT2D eigenvalue weighted by molar-refractivity contribution is 5.78. The van der Waals surface area contributed by atoms with Gasteiger partial charge in [0.1, 0.15) is 0 Å². The van der Waals surface area contributed by atoms with Crippen LogP contribution in [0.2, 0.25) is 0 Å². The minimum absolute atomic E-state index is 0.285. The molecule has 2 saturated heterocycles. The predicted molar refractivity (Wildman–Crippen MR) is 68.5 cm³/mol. The van der Waals surface area contributed by atoms with Gasteiger partial charge in [0, 0.05) is 52.9 Å². The van der Waals surface area contributed by atoms with Crippen molar-refractivity contribution in [3.63, 3.8) is 0 Å². The van der Waals surface area contributed by atoms with E-state index < -0.39 is 0 Å². The number of likely N-dealkylation sites (tertiary alicyclic amines) is 1. The van der Waals surface area contributed by atoms with Crippen LogP contribution in [0.3, 0.4) is 0 Å². The summed E-state index contributed by atoms with van der Waals surface area (Å²) in [6.07, 6.45) is 3.00. The Balaban J connectivity index is 1.67. The summed E-state index contributed by atoms with van der Waals surface area (Å²) in [5.74, 6) is 0.319. The van der Waals surface area contributed by atoms with Crippen molar-refractivity contribution in [3.8, 4) is 0 Å². The molecule has 0 unspecified atom stereocenters. The van der Waals surface area contributed by atoms with Crippen molar-refractivity contribution >= 4 is 5.91 Å². The third-order valence-corrected chi connectivity index (χ3v) is 3.72. The molecule has 0 aromatic carbocycles. The zero-order chi connectivity index (χ0) is 12.8. The molecule has 0 saturated carbocycles. The maximum atomic E-state index is 11.5. The number of carbonyl (C=O) groups is 1. The normalized spacial score (nSPS) is 25.9. The van der Waals surface area contributed by atoms with Gasteiger partial charge in [-0.15, -0.1) is 0 Å². The molecule has 2 heterocycles. The number of hydrogen-bond acceptors (Lipinski definition) is 4. The van der Waals surface area contributed by atoms with Crippen molar-refractivity contribution in [2.75, 3.05) is 53.0 Å². The van der Waals surface area contributed by atoms with Gasteiger partial charge in [-0.3, -0.25) is 9.69 Å². The number of morpholine rings is 1. The molecule has 0 bridgehead atoms. The predicted octanol–water partition coefficient (Wildman–Crippen LogP) is 0.346. The van der Waals surface area contributed by atoms with Gasteiger partial charge in [-0.25, -0.2) is 0 Å². The van der Waals surface area contributed by atoms with E-state index in [-0.39, 0.29) is 6.10 Å². The number of nitrogens with zero attached hydrogens (tertiary/aromatic N) is 2. The molecule has 1 amide bonds. The van der Waals surface area contributed by atoms with Crippen molar-refractivity contribution < 1.29 is 14.3 Å². The maximum Gasteiger partial charge on any atom is 0.222 e. The summed E-state index contributed by atoms with van der Waals surface area (Å²) in [5, 5.41) is 0.